The van der Waals surface area contributed by atoms with E-state index in [1.807, 2.05) is 18.2 Å². The molecule has 0 saturated heterocycles. The summed E-state index contributed by atoms with van der Waals surface area (Å²) in [5.41, 5.74) is 5.02. The summed E-state index contributed by atoms with van der Waals surface area (Å²) in [5, 5.41) is 1.29. The molecule has 5 heteroatoms. The number of dihydropyridines is 1. The van der Waals surface area contributed by atoms with Crippen molar-refractivity contribution in [2.24, 2.45) is 40.5 Å². The molecule has 1 aromatic rings. The van der Waals surface area contributed by atoms with Crippen LogP contribution in [0.25, 0.3) is 6.08 Å². The third kappa shape index (κ3) is 8.19. The van der Waals surface area contributed by atoms with E-state index in [0.29, 0.717) is 22.3 Å². The minimum absolute atomic E-state index is 0. The van der Waals surface area contributed by atoms with Crippen molar-refractivity contribution in [3.05, 3.63) is 60.6 Å². The van der Waals surface area contributed by atoms with Crippen molar-refractivity contribution in [2.75, 3.05) is 0 Å². The fraction of sp³-hybridized carbons (Fsp3) is 0.600. The monoisotopic (exact) mass is 560 g/mol. The molecule has 2 heterocycles. The Balaban J connectivity index is 0.000000476. The van der Waals surface area contributed by atoms with Gasteiger partial charge in [-0.3, -0.25) is 4.99 Å². The SMILES string of the molecule is CC1=CC(Cl)=NC2CCCC12.CC1C(C)C(C)C(C)C1C.Cc1cc(Cl)nc2c1CC=C2.[CH3-].[CH3-].[Fe+2]. The molecule has 5 rings (SSSR count). The van der Waals surface area contributed by atoms with Gasteiger partial charge in [0.05, 0.1) is 11.7 Å². The van der Waals surface area contributed by atoms with Crippen LogP contribution in [0.4, 0.5) is 0 Å². The zero-order chi connectivity index (χ0) is 23.6. The van der Waals surface area contributed by atoms with Crippen LogP contribution in [0.5, 0.6) is 0 Å². The number of fused-ring (bicyclic) bond motifs is 2. The Morgan fingerprint density at radius 1 is 0.857 bits per heavy atom. The Morgan fingerprint density at radius 3 is 1.94 bits per heavy atom. The van der Waals surface area contributed by atoms with Gasteiger partial charge in [-0.15, -0.1) is 0 Å². The first kappa shape index (κ1) is 34.4. The zero-order valence-corrected chi connectivity index (χ0v) is 25.8. The molecule has 0 N–H and O–H groups in total. The molecule has 3 aliphatic carbocycles. The molecule has 2 nitrogen and oxygen atoms in total. The van der Waals surface area contributed by atoms with Crippen LogP contribution >= 0.6 is 23.2 Å². The van der Waals surface area contributed by atoms with E-state index in [0.717, 1.165) is 41.7 Å². The fourth-order valence-corrected chi connectivity index (χ4v) is 6.44. The van der Waals surface area contributed by atoms with Crippen molar-refractivity contribution in [1.29, 1.82) is 0 Å². The number of aromatic nitrogens is 1. The molecule has 2 fully saturated rings. The maximum atomic E-state index is 5.85. The molecule has 2 saturated carbocycles. The molecule has 0 bridgehead atoms. The normalized spacial score (nSPS) is 31.5. The second-order valence-corrected chi connectivity index (χ2v) is 11.2. The summed E-state index contributed by atoms with van der Waals surface area (Å²) < 4.78 is 0. The molecule has 1 aromatic heterocycles. The Morgan fingerprint density at radius 2 is 1.40 bits per heavy atom. The molecule has 2 atom stereocenters. The predicted molar refractivity (Wildman–Crippen MR) is 154 cm³/mol. The van der Waals surface area contributed by atoms with Crippen LogP contribution in [-0.2, 0) is 23.5 Å². The molecule has 1 aliphatic heterocycles. The summed E-state index contributed by atoms with van der Waals surface area (Å²) in [5.74, 6) is 5.38. The molecular weight excluding hydrogens is 515 g/mol. The van der Waals surface area contributed by atoms with Gasteiger partial charge in [0.25, 0.3) is 0 Å². The molecule has 0 spiro atoms. The van der Waals surface area contributed by atoms with Crippen molar-refractivity contribution in [2.45, 2.75) is 80.2 Å². The van der Waals surface area contributed by atoms with Gasteiger partial charge < -0.3 is 14.9 Å². The molecule has 0 aromatic carbocycles. The fourth-order valence-electron chi connectivity index (χ4n) is 5.89. The zero-order valence-electron chi connectivity index (χ0n) is 23.2. The van der Waals surface area contributed by atoms with E-state index in [4.69, 9.17) is 23.2 Å². The van der Waals surface area contributed by atoms with Gasteiger partial charge in [-0.2, -0.15) is 0 Å². The van der Waals surface area contributed by atoms with Crippen molar-refractivity contribution < 1.29 is 17.1 Å². The predicted octanol–water partition coefficient (Wildman–Crippen LogP) is 9.44. The van der Waals surface area contributed by atoms with Crippen LogP contribution in [-0.4, -0.2) is 16.2 Å². The number of rotatable bonds is 0. The summed E-state index contributed by atoms with van der Waals surface area (Å²) >= 11 is 11.6. The van der Waals surface area contributed by atoms with Crippen molar-refractivity contribution in [3.63, 3.8) is 0 Å². The number of hydrogen-bond acceptors (Lipinski definition) is 2. The number of halogens is 2. The second kappa shape index (κ2) is 15.0. The standard InChI is InChI=1S/C10H20.C9H12ClN.C9H8ClN.2CH3.Fe/c1-6-7(2)9(4)10(5)8(6)3;2*1-6-5-9(10)11-8-4-2-3-7(6)8;;;/h6-10H,1-5H3;5,7-8H,2-4H2,1H3;2,4-5H,3H2,1H3;2*1H3;/q;;;2*-1;+2. The van der Waals surface area contributed by atoms with Crippen molar-refractivity contribution >= 4 is 34.4 Å². The molecule has 4 aliphatic rings. The first-order chi connectivity index (χ1) is 15.1. The molecular formula is C30H46Cl2FeN2. The van der Waals surface area contributed by atoms with E-state index in [1.54, 1.807) is 0 Å². The summed E-state index contributed by atoms with van der Waals surface area (Å²) in [4.78, 5) is 8.59. The summed E-state index contributed by atoms with van der Waals surface area (Å²) in [7, 11) is 0. The van der Waals surface area contributed by atoms with Crippen LogP contribution in [0.15, 0.2) is 28.8 Å². The second-order valence-electron chi connectivity index (χ2n) is 10.5. The molecule has 2 unspecified atom stereocenters. The van der Waals surface area contributed by atoms with Crippen LogP contribution in [0, 0.1) is 57.3 Å². The quantitative estimate of drug-likeness (QED) is 0.176. The average Bonchev–Trinajstić information content (AvgIpc) is 3.44. The van der Waals surface area contributed by atoms with Gasteiger partial charge in [0.2, 0.25) is 0 Å². The van der Waals surface area contributed by atoms with Gasteiger partial charge in [0, 0.05) is 5.92 Å². The Hall–Kier alpha value is -0.601. The maximum absolute atomic E-state index is 5.85. The van der Waals surface area contributed by atoms with Crippen LogP contribution < -0.4 is 0 Å². The third-order valence-electron chi connectivity index (χ3n) is 8.79. The first-order valence-corrected chi connectivity index (χ1v) is 13.1. The minimum Gasteiger partial charge on any atom is -0.358 e. The van der Waals surface area contributed by atoms with E-state index in [-0.39, 0.29) is 31.9 Å². The smallest absolute Gasteiger partial charge is 0.358 e. The number of nitrogens with zero attached hydrogens (tertiary/aromatic N) is 2. The number of allylic oxidation sites excluding steroid dienone is 2. The van der Waals surface area contributed by atoms with Crippen LogP contribution in [0.1, 0.15) is 77.6 Å². The summed E-state index contributed by atoms with van der Waals surface area (Å²) in [6.45, 7) is 16.2. The average molecular weight is 561 g/mol. The Kier molecular flexibility index (Phi) is 14.7. The number of pyridine rings is 1. The van der Waals surface area contributed by atoms with Gasteiger partial charge in [0.1, 0.15) is 10.3 Å². The van der Waals surface area contributed by atoms with E-state index in [9.17, 15) is 0 Å². The van der Waals surface area contributed by atoms with Crippen molar-refractivity contribution in [3.8, 4) is 0 Å². The minimum atomic E-state index is 0. The van der Waals surface area contributed by atoms with Crippen molar-refractivity contribution in [1.82, 2.24) is 4.98 Å². The van der Waals surface area contributed by atoms with Crippen LogP contribution in [0.3, 0.4) is 0 Å². The largest absolute Gasteiger partial charge is 2.00 e. The molecule has 35 heavy (non-hydrogen) atoms. The Labute approximate surface area is 236 Å². The van der Waals surface area contributed by atoms with E-state index in [2.05, 4.69) is 64.5 Å². The maximum Gasteiger partial charge on any atom is 2.00 e. The molecule has 198 valence electrons. The number of hydrogen-bond donors (Lipinski definition) is 0. The van der Waals surface area contributed by atoms with E-state index in [1.165, 1.54) is 36.0 Å². The van der Waals surface area contributed by atoms with E-state index >= 15 is 0 Å². The van der Waals surface area contributed by atoms with E-state index < -0.39 is 0 Å². The molecule has 0 amide bonds. The number of aliphatic imine (C=N–C) groups is 1. The van der Waals surface area contributed by atoms with Gasteiger partial charge in [-0.1, -0.05) is 75.9 Å². The third-order valence-corrected chi connectivity index (χ3v) is 9.19. The summed E-state index contributed by atoms with van der Waals surface area (Å²) in [6, 6.07) is 2.42. The van der Waals surface area contributed by atoms with Gasteiger partial charge in [-0.05, 0) is 92.0 Å². The first-order valence-electron chi connectivity index (χ1n) is 12.3. The Bertz CT molecular complexity index is 863. The van der Waals surface area contributed by atoms with Gasteiger partial charge in [-0.25, -0.2) is 4.98 Å². The topological polar surface area (TPSA) is 25.2 Å². The molecule has 0 radical (unpaired) electrons. The van der Waals surface area contributed by atoms with Gasteiger partial charge in [0.15, 0.2) is 0 Å². The van der Waals surface area contributed by atoms with Gasteiger partial charge >= 0.3 is 17.1 Å². The number of aryl methyl sites for hydroxylation is 1. The van der Waals surface area contributed by atoms with Crippen LogP contribution in [0.2, 0.25) is 5.15 Å². The summed E-state index contributed by atoms with van der Waals surface area (Å²) in [6.07, 6.45) is 11.0.